The fourth-order valence-corrected chi connectivity index (χ4v) is 5.95. The minimum Gasteiger partial charge on any atom is -0.459 e. The molecule has 3 amide bonds. The van der Waals surface area contributed by atoms with Crippen LogP contribution in [-0.2, 0) is 23.7 Å². The molecule has 0 aliphatic carbocycles. The zero-order valence-electron chi connectivity index (χ0n) is 28.6. The number of fused-ring (bicyclic) bond motifs is 1. The van der Waals surface area contributed by atoms with E-state index in [4.69, 9.17) is 18.9 Å². The van der Waals surface area contributed by atoms with E-state index in [9.17, 15) is 33.6 Å². The van der Waals surface area contributed by atoms with E-state index in [0.717, 1.165) is 11.1 Å². The Morgan fingerprint density at radius 2 is 1.15 bits per heavy atom. The predicted octanol–water partition coefficient (Wildman–Crippen LogP) is 3.08. The molecular formula is C39H29N5O11. The van der Waals surface area contributed by atoms with Gasteiger partial charge in [0.05, 0.1) is 34.0 Å². The van der Waals surface area contributed by atoms with E-state index < -0.39 is 79.0 Å². The molecule has 0 unspecified atom stereocenters. The lowest BCUT2D eigenvalue weighted by Gasteiger charge is -2.24. The number of carbonyl (C=O) groups excluding carboxylic acids is 6. The number of aromatic nitrogens is 3. The maximum atomic E-state index is 13.5. The summed E-state index contributed by atoms with van der Waals surface area (Å²) >= 11 is 0. The van der Waals surface area contributed by atoms with Crippen LogP contribution in [0.4, 0.5) is 5.82 Å². The van der Waals surface area contributed by atoms with Crippen molar-refractivity contribution in [1.82, 2.24) is 19.7 Å². The number of rotatable bonds is 11. The molecule has 2 aliphatic heterocycles. The molecule has 1 aromatic heterocycles. The number of imide groups is 1. The Kier molecular flexibility index (Phi) is 10.3. The quantitative estimate of drug-likeness (QED) is 0.118. The van der Waals surface area contributed by atoms with Crippen molar-refractivity contribution in [3.63, 3.8) is 0 Å². The molecule has 55 heavy (non-hydrogen) atoms. The number of hydrogen-bond acceptors (Lipinski definition) is 13. The van der Waals surface area contributed by atoms with Crippen LogP contribution in [-0.4, -0.2) is 86.8 Å². The van der Waals surface area contributed by atoms with Crippen LogP contribution in [0.3, 0.4) is 0 Å². The summed E-state index contributed by atoms with van der Waals surface area (Å²) in [5, 5.41) is 6.45. The average molecular weight is 744 g/mol. The maximum Gasteiger partial charge on any atom is 0.368 e. The molecule has 4 atom stereocenters. The van der Waals surface area contributed by atoms with Gasteiger partial charge in [0.1, 0.15) is 19.3 Å². The van der Waals surface area contributed by atoms with Crippen molar-refractivity contribution in [2.75, 3.05) is 18.5 Å². The van der Waals surface area contributed by atoms with Crippen LogP contribution in [0.5, 0.6) is 0 Å². The van der Waals surface area contributed by atoms with E-state index in [1.165, 1.54) is 48.5 Å². The summed E-state index contributed by atoms with van der Waals surface area (Å²) in [5.74, 6) is -4.90. The molecule has 5 aromatic rings. The van der Waals surface area contributed by atoms with E-state index in [2.05, 4.69) is 15.4 Å². The van der Waals surface area contributed by atoms with E-state index in [1.54, 1.807) is 66.7 Å². The number of ether oxygens (including phenoxy) is 4. The second-order valence-electron chi connectivity index (χ2n) is 12.2. The third kappa shape index (κ3) is 7.74. The van der Waals surface area contributed by atoms with Crippen molar-refractivity contribution in [2.45, 2.75) is 24.5 Å². The van der Waals surface area contributed by atoms with Gasteiger partial charge in [0.2, 0.25) is 5.91 Å². The molecule has 276 valence electrons. The van der Waals surface area contributed by atoms with E-state index >= 15 is 0 Å². The summed E-state index contributed by atoms with van der Waals surface area (Å²) in [7, 11) is 0. The zero-order valence-corrected chi connectivity index (χ0v) is 28.6. The van der Waals surface area contributed by atoms with E-state index in [-0.39, 0.29) is 33.6 Å². The van der Waals surface area contributed by atoms with Gasteiger partial charge in [0.15, 0.2) is 24.3 Å². The average Bonchev–Trinajstić information content (AvgIpc) is 3.66. The first-order valence-corrected chi connectivity index (χ1v) is 16.8. The molecule has 4 aromatic carbocycles. The van der Waals surface area contributed by atoms with Crippen molar-refractivity contribution in [3.05, 3.63) is 160 Å². The van der Waals surface area contributed by atoms with Crippen LogP contribution in [0.2, 0.25) is 0 Å². The zero-order chi connectivity index (χ0) is 38.5. The number of nitrogens with one attached hydrogen (secondary N) is 1. The Hall–Kier alpha value is -7.33. The first-order chi connectivity index (χ1) is 26.7. The highest BCUT2D eigenvalue weighted by atomic mass is 16.7. The second-order valence-corrected chi connectivity index (χ2v) is 12.2. The minimum atomic E-state index is -1.59. The number of benzene rings is 4. The van der Waals surface area contributed by atoms with Gasteiger partial charge < -0.3 is 24.3 Å². The standard InChI is InChI=1S/C39H29N5O11/c45-30(21-43-33(46)26-18-10-11-19-27(26)34(43)47)41-29-20-40-44(39(51)42-29)35-32(55-38(50)25-16-8-3-9-17-25)31(54-37(49)24-14-6-2-7-15-24)28(53-35)22-52-36(48)23-12-4-1-5-13-23/h1-20,28,31-32,35H,21-22H2,(H,41,42,45,51)/t28-,31+,32-,35+/m0/s1. The molecule has 2 aliphatic rings. The van der Waals surface area contributed by atoms with Gasteiger partial charge >= 0.3 is 23.6 Å². The number of hydrogen-bond donors (Lipinski definition) is 1. The normalized spacial score (nSPS) is 18.7. The van der Waals surface area contributed by atoms with Gasteiger partial charge in [0, 0.05) is 0 Å². The molecule has 0 radical (unpaired) electrons. The maximum absolute atomic E-state index is 13.5. The molecule has 1 saturated heterocycles. The van der Waals surface area contributed by atoms with Gasteiger partial charge in [-0.3, -0.25) is 19.3 Å². The molecule has 0 bridgehead atoms. The molecule has 7 rings (SSSR count). The molecule has 3 heterocycles. The monoisotopic (exact) mass is 743 g/mol. The molecular weight excluding hydrogens is 714 g/mol. The molecule has 16 nitrogen and oxygen atoms in total. The van der Waals surface area contributed by atoms with Crippen molar-refractivity contribution in [1.29, 1.82) is 0 Å². The molecule has 16 heteroatoms. The van der Waals surface area contributed by atoms with Gasteiger partial charge in [-0.05, 0) is 48.5 Å². The molecule has 0 saturated carbocycles. The summed E-state index contributed by atoms with van der Waals surface area (Å²) in [5.41, 5.74) is -0.283. The summed E-state index contributed by atoms with van der Waals surface area (Å²) in [6.07, 6.45) is -4.91. The topological polar surface area (TPSA) is 202 Å². The highest BCUT2D eigenvalue weighted by molar-refractivity contribution is 6.22. The molecule has 1 N–H and O–H groups in total. The lowest BCUT2D eigenvalue weighted by Crippen LogP contribution is -2.43. The van der Waals surface area contributed by atoms with Gasteiger partial charge in [-0.15, -0.1) is 0 Å². The Bertz CT molecular complexity index is 2300. The van der Waals surface area contributed by atoms with Crippen LogP contribution in [0, 0.1) is 0 Å². The van der Waals surface area contributed by atoms with Gasteiger partial charge in [-0.1, -0.05) is 66.7 Å². The number of esters is 3. The number of carbonyl (C=O) groups is 6. The first kappa shape index (κ1) is 36.0. The van der Waals surface area contributed by atoms with Crippen molar-refractivity contribution >= 4 is 41.4 Å². The SMILES string of the molecule is O=C(CN1C(=O)c2ccccc2C1=O)Nc1cnn([C@@H]2O[C@@H](COC(=O)c3ccccc3)[C@@H](OC(=O)c3ccccc3)[C@@H]2OC(=O)c2ccccc2)c(=O)n1. The van der Waals surface area contributed by atoms with Crippen molar-refractivity contribution < 1.29 is 47.7 Å². The van der Waals surface area contributed by atoms with Crippen LogP contribution in [0.25, 0.3) is 0 Å². The van der Waals surface area contributed by atoms with Crippen LogP contribution in [0.15, 0.2) is 126 Å². The third-order valence-corrected chi connectivity index (χ3v) is 8.58. The lowest BCUT2D eigenvalue weighted by molar-refractivity contribution is -0.116. The number of nitrogens with zero attached hydrogens (tertiary/aromatic N) is 4. The first-order valence-electron chi connectivity index (χ1n) is 16.8. The number of amides is 3. The minimum absolute atomic E-state index is 0.128. The lowest BCUT2D eigenvalue weighted by atomic mass is 10.1. The van der Waals surface area contributed by atoms with Crippen LogP contribution < -0.4 is 11.0 Å². The van der Waals surface area contributed by atoms with Gasteiger partial charge in [-0.25, -0.2) is 19.2 Å². The van der Waals surface area contributed by atoms with Crippen molar-refractivity contribution in [2.24, 2.45) is 0 Å². The fourth-order valence-electron chi connectivity index (χ4n) is 5.95. The predicted molar refractivity (Wildman–Crippen MR) is 189 cm³/mol. The van der Waals surface area contributed by atoms with Gasteiger partial charge in [-0.2, -0.15) is 14.8 Å². The summed E-state index contributed by atoms with van der Waals surface area (Å²) in [6.45, 7) is -1.18. The van der Waals surface area contributed by atoms with Gasteiger partial charge in [0.25, 0.3) is 11.8 Å². The second kappa shape index (κ2) is 15.7. The molecule has 1 fully saturated rings. The summed E-state index contributed by atoms with van der Waals surface area (Å²) < 4.78 is 24.1. The largest absolute Gasteiger partial charge is 0.459 e. The van der Waals surface area contributed by atoms with Crippen LogP contribution in [0.1, 0.15) is 58.0 Å². The molecule has 0 spiro atoms. The van der Waals surface area contributed by atoms with Crippen LogP contribution >= 0.6 is 0 Å². The third-order valence-electron chi connectivity index (χ3n) is 8.58. The fraction of sp³-hybridized carbons (Fsp3) is 0.154. The Labute approximate surface area is 311 Å². The summed E-state index contributed by atoms with van der Waals surface area (Å²) in [6, 6.07) is 30.0. The highest BCUT2D eigenvalue weighted by Gasteiger charge is 2.52. The number of anilines is 1. The Morgan fingerprint density at radius 1 is 0.655 bits per heavy atom. The highest BCUT2D eigenvalue weighted by Crippen LogP contribution is 2.34. The van der Waals surface area contributed by atoms with Crippen molar-refractivity contribution in [3.8, 4) is 0 Å². The summed E-state index contributed by atoms with van der Waals surface area (Å²) in [4.78, 5) is 96.2. The van der Waals surface area contributed by atoms with E-state index in [0.29, 0.717) is 4.68 Å². The Morgan fingerprint density at radius 3 is 1.67 bits per heavy atom. The smallest absolute Gasteiger partial charge is 0.368 e. The van der Waals surface area contributed by atoms with E-state index in [1.807, 2.05) is 0 Å². The Balaban J connectivity index is 1.16.